The van der Waals surface area contributed by atoms with Gasteiger partial charge in [-0.25, -0.2) is 0 Å². The predicted molar refractivity (Wildman–Crippen MR) is 91.0 cm³/mol. The second kappa shape index (κ2) is 8.67. The van der Waals surface area contributed by atoms with Gasteiger partial charge in [-0.3, -0.25) is 9.59 Å². The average Bonchev–Trinajstić information content (AvgIpc) is 2.89. The average molecular weight is 317 g/mol. The van der Waals surface area contributed by atoms with Crippen LogP contribution >= 0.6 is 0 Å². The van der Waals surface area contributed by atoms with Gasteiger partial charge in [0, 0.05) is 26.1 Å². The van der Waals surface area contributed by atoms with Crippen molar-refractivity contribution in [1.29, 1.82) is 0 Å². The molecule has 5 heteroatoms. The lowest BCUT2D eigenvalue weighted by Gasteiger charge is -2.18. The number of hydrogen-bond acceptors (Lipinski definition) is 3. The molecule has 0 aliphatic carbocycles. The minimum absolute atomic E-state index is 0.00407. The Labute approximate surface area is 138 Å². The Kier molecular flexibility index (Phi) is 6.59. The van der Waals surface area contributed by atoms with Gasteiger partial charge >= 0.3 is 0 Å². The Balaban J connectivity index is 1.70. The summed E-state index contributed by atoms with van der Waals surface area (Å²) >= 11 is 0. The third-order valence-corrected chi connectivity index (χ3v) is 4.17. The number of rotatable bonds is 8. The van der Waals surface area contributed by atoms with Crippen molar-refractivity contribution in [1.82, 2.24) is 15.1 Å². The summed E-state index contributed by atoms with van der Waals surface area (Å²) in [5.74, 6) is -0.0889. The van der Waals surface area contributed by atoms with E-state index in [2.05, 4.69) is 22.3 Å². The molecule has 2 rings (SSSR count). The molecular formula is C18H27N3O2. The van der Waals surface area contributed by atoms with E-state index in [-0.39, 0.29) is 17.7 Å². The van der Waals surface area contributed by atoms with Crippen LogP contribution in [-0.4, -0.2) is 61.9 Å². The summed E-state index contributed by atoms with van der Waals surface area (Å²) < 4.78 is 0. The normalized spacial score (nSPS) is 17.8. The fraction of sp³-hybridized carbons (Fsp3) is 0.556. The minimum atomic E-state index is -0.197. The van der Waals surface area contributed by atoms with E-state index in [1.54, 1.807) is 0 Å². The van der Waals surface area contributed by atoms with E-state index in [1.165, 1.54) is 5.56 Å². The molecule has 0 radical (unpaired) electrons. The van der Waals surface area contributed by atoms with Crippen molar-refractivity contribution in [2.45, 2.75) is 19.3 Å². The molecule has 1 aromatic carbocycles. The standard InChI is InChI=1S/C18H27N3O2/c1-20(2)11-6-12-21-14-16(13-17(21)22)18(23)19-10-9-15-7-4-3-5-8-15/h3-5,7-8,16H,6,9-14H2,1-2H3,(H,19,23). The topological polar surface area (TPSA) is 52.6 Å². The molecule has 2 amide bonds. The van der Waals surface area contributed by atoms with Crippen LogP contribution in [0.4, 0.5) is 0 Å². The summed E-state index contributed by atoms with van der Waals surface area (Å²) in [7, 11) is 4.05. The highest BCUT2D eigenvalue weighted by atomic mass is 16.2. The van der Waals surface area contributed by atoms with E-state index < -0.39 is 0 Å². The fourth-order valence-corrected chi connectivity index (χ4v) is 2.86. The van der Waals surface area contributed by atoms with Crippen molar-refractivity contribution in [2.24, 2.45) is 5.92 Å². The second-order valence-corrected chi connectivity index (χ2v) is 6.42. The molecule has 0 saturated carbocycles. The summed E-state index contributed by atoms with van der Waals surface area (Å²) in [5.41, 5.74) is 1.21. The number of nitrogens with zero attached hydrogens (tertiary/aromatic N) is 2. The lowest BCUT2D eigenvalue weighted by Crippen LogP contribution is -2.34. The number of benzene rings is 1. The predicted octanol–water partition coefficient (Wildman–Crippen LogP) is 1.15. The van der Waals surface area contributed by atoms with Crippen LogP contribution in [0, 0.1) is 5.92 Å². The molecule has 1 atom stereocenters. The van der Waals surface area contributed by atoms with Gasteiger partial charge in [-0.1, -0.05) is 30.3 Å². The second-order valence-electron chi connectivity index (χ2n) is 6.42. The Morgan fingerprint density at radius 2 is 2.04 bits per heavy atom. The highest BCUT2D eigenvalue weighted by molar-refractivity contribution is 5.89. The van der Waals surface area contributed by atoms with Gasteiger partial charge < -0.3 is 15.1 Å². The van der Waals surface area contributed by atoms with Crippen LogP contribution in [0.2, 0.25) is 0 Å². The minimum Gasteiger partial charge on any atom is -0.355 e. The lowest BCUT2D eigenvalue weighted by molar-refractivity contribution is -0.129. The molecular weight excluding hydrogens is 290 g/mol. The zero-order valence-corrected chi connectivity index (χ0v) is 14.1. The third kappa shape index (κ3) is 5.67. The van der Waals surface area contributed by atoms with Crippen LogP contribution in [0.25, 0.3) is 0 Å². The van der Waals surface area contributed by atoms with Crippen molar-refractivity contribution >= 4 is 11.8 Å². The highest BCUT2D eigenvalue weighted by Gasteiger charge is 2.33. The van der Waals surface area contributed by atoms with Crippen molar-refractivity contribution in [2.75, 3.05) is 40.3 Å². The number of hydrogen-bond donors (Lipinski definition) is 1. The summed E-state index contributed by atoms with van der Waals surface area (Å²) in [5, 5.41) is 2.96. The number of amides is 2. The van der Waals surface area contributed by atoms with Gasteiger partial charge in [-0.05, 0) is 39.0 Å². The van der Waals surface area contributed by atoms with Gasteiger partial charge in [0.15, 0.2) is 0 Å². The van der Waals surface area contributed by atoms with Crippen LogP contribution in [0.5, 0.6) is 0 Å². The molecule has 1 saturated heterocycles. The molecule has 1 N–H and O–H groups in total. The largest absolute Gasteiger partial charge is 0.355 e. The smallest absolute Gasteiger partial charge is 0.225 e. The zero-order chi connectivity index (χ0) is 16.7. The van der Waals surface area contributed by atoms with Gasteiger partial charge in [0.2, 0.25) is 11.8 Å². The van der Waals surface area contributed by atoms with E-state index in [1.807, 2.05) is 37.2 Å². The molecule has 5 nitrogen and oxygen atoms in total. The zero-order valence-electron chi connectivity index (χ0n) is 14.1. The van der Waals surface area contributed by atoms with Crippen LogP contribution in [0.3, 0.4) is 0 Å². The molecule has 0 aromatic heterocycles. The molecule has 1 aromatic rings. The maximum atomic E-state index is 12.2. The summed E-state index contributed by atoms with van der Waals surface area (Å²) in [6.45, 7) is 2.88. The first-order valence-electron chi connectivity index (χ1n) is 8.30. The Bertz CT molecular complexity index is 516. The summed E-state index contributed by atoms with van der Waals surface area (Å²) in [4.78, 5) is 28.1. The molecule has 0 spiro atoms. The Morgan fingerprint density at radius 1 is 1.30 bits per heavy atom. The van der Waals surface area contributed by atoms with Crippen LogP contribution in [-0.2, 0) is 16.0 Å². The maximum absolute atomic E-state index is 12.2. The van der Waals surface area contributed by atoms with Crippen molar-refractivity contribution < 1.29 is 9.59 Å². The quantitative estimate of drug-likeness (QED) is 0.782. The van der Waals surface area contributed by atoms with Crippen LogP contribution < -0.4 is 5.32 Å². The molecule has 1 fully saturated rings. The van der Waals surface area contributed by atoms with Crippen molar-refractivity contribution in [3.05, 3.63) is 35.9 Å². The maximum Gasteiger partial charge on any atom is 0.225 e. The molecule has 23 heavy (non-hydrogen) atoms. The van der Waals surface area contributed by atoms with Gasteiger partial charge in [-0.2, -0.15) is 0 Å². The SMILES string of the molecule is CN(C)CCCN1CC(C(=O)NCCc2ccccc2)CC1=O. The van der Waals surface area contributed by atoms with E-state index in [9.17, 15) is 9.59 Å². The fourth-order valence-electron chi connectivity index (χ4n) is 2.86. The van der Waals surface area contributed by atoms with E-state index in [0.717, 1.165) is 25.9 Å². The van der Waals surface area contributed by atoms with Gasteiger partial charge in [-0.15, -0.1) is 0 Å². The molecule has 1 aliphatic heterocycles. The molecule has 1 unspecified atom stereocenters. The first-order chi connectivity index (χ1) is 11.1. The molecule has 0 bridgehead atoms. The summed E-state index contributed by atoms with van der Waals surface area (Å²) in [6, 6.07) is 10.1. The Hall–Kier alpha value is -1.88. The summed E-state index contributed by atoms with van der Waals surface area (Å²) in [6.07, 6.45) is 2.11. The van der Waals surface area contributed by atoms with E-state index in [4.69, 9.17) is 0 Å². The molecule has 1 heterocycles. The lowest BCUT2D eigenvalue weighted by atomic mass is 10.1. The number of nitrogens with one attached hydrogen (secondary N) is 1. The first-order valence-corrected chi connectivity index (χ1v) is 8.30. The number of likely N-dealkylation sites (tertiary alicyclic amines) is 1. The molecule has 1 aliphatic rings. The Morgan fingerprint density at radius 3 is 2.74 bits per heavy atom. The monoisotopic (exact) mass is 317 g/mol. The first kappa shape index (κ1) is 17.5. The number of carbonyl (C=O) groups is 2. The van der Waals surface area contributed by atoms with Gasteiger partial charge in [0.05, 0.1) is 5.92 Å². The van der Waals surface area contributed by atoms with Crippen LogP contribution in [0.1, 0.15) is 18.4 Å². The number of carbonyl (C=O) groups excluding carboxylic acids is 2. The van der Waals surface area contributed by atoms with Gasteiger partial charge in [0.1, 0.15) is 0 Å². The van der Waals surface area contributed by atoms with E-state index >= 15 is 0 Å². The highest BCUT2D eigenvalue weighted by Crippen LogP contribution is 2.18. The van der Waals surface area contributed by atoms with Crippen molar-refractivity contribution in [3.63, 3.8) is 0 Å². The van der Waals surface area contributed by atoms with Crippen molar-refractivity contribution in [3.8, 4) is 0 Å². The third-order valence-electron chi connectivity index (χ3n) is 4.17. The van der Waals surface area contributed by atoms with E-state index in [0.29, 0.717) is 19.5 Å². The molecule has 126 valence electrons. The van der Waals surface area contributed by atoms with Gasteiger partial charge in [0.25, 0.3) is 0 Å². The van der Waals surface area contributed by atoms with Crippen LogP contribution in [0.15, 0.2) is 30.3 Å².